The lowest BCUT2D eigenvalue weighted by Gasteiger charge is -2.42. The van der Waals surface area contributed by atoms with Gasteiger partial charge in [-0.1, -0.05) is 71.9 Å². The number of likely N-dealkylation sites (tertiary alicyclic amines) is 1. The van der Waals surface area contributed by atoms with Crippen LogP contribution in [0.3, 0.4) is 0 Å². The van der Waals surface area contributed by atoms with Gasteiger partial charge in [-0.25, -0.2) is 0 Å². The maximum atomic E-state index is 5.70. The number of hydrogen-bond donors (Lipinski definition) is 3. The van der Waals surface area contributed by atoms with Crippen molar-refractivity contribution in [3.05, 3.63) is 82.0 Å². The van der Waals surface area contributed by atoms with Gasteiger partial charge in [0.25, 0.3) is 0 Å². The summed E-state index contributed by atoms with van der Waals surface area (Å²) in [5.74, 6) is 0. The third-order valence-electron chi connectivity index (χ3n) is 9.11. The lowest BCUT2D eigenvalue weighted by Crippen LogP contribution is -2.49. The van der Waals surface area contributed by atoms with Crippen molar-refractivity contribution in [3.63, 3.8) is 0 Å². The zero-order chi connectivity index (χ0) is 33.9. The smallest absolute Gasteiger partial charge is 0.0598 e. The zero-order valence-corrected chi connectivity index (χ0v) is 31.3. The van der Waals surface area contributed by atoms with E-state index in [1.807, 2.05) is 20.8 Å². The van der Waals surface area contributed by atoms with E-state index in [-0.39, 0.29) is 0 Å². The Morgan fingerprint density at radius 1 is 1.00 bits per heavy atom. The van der Waals surface area contributed by atoms with Crippen LogP contribution < -0.4 is 16.4 Å². The molecule has 2 fully saturated rings. The molecule has 1 saturated carbocycles. The van der Waals surface area contributed by atoms with Crippen molar-refractivity contribution in [2.24, 2.45) is 5.73 Å². The third kappa shape index (κ3) is 14.6. The number of nitrogens with one attached hydrogen (secondary N) is 2. The Balaban J connectivity index is 0.000000438. The van der Waals surface area contributed by atoms with E-state index < -0.39 is 0 Å². The first-order valence-corrected chi connectivity index (χ1v) is 18.1. The van der Waals surface area contributed by atoms with Crippen molar-refractivity contribution in [2.75, 3.05) is 19.6 Å². The van der Waals surface area contributed by atoms with Gasteiger partial charge < -0.3 is 16.4 Å². The molecule has 5 nitrogen and oxygen atoms in total. The van der Waals surface area contributed by atoms with Gasteiger partial charge in [0.05, 0.1) is 11.4 Å². The minimum atomic E-state index is 0.634. The van der Waals surface area contributed by atoms with Crippen LogP contribution in [0.1, 0.15) is 130 Å². The van der Waals surface area contributed by atoms with Crippen LogP contribution in [-0.2, 0) is 6.54 Å². The highest BCUT2D eigenvalue weighted by atomic mass is 15.2. The Morgan fingerprint density at radius 2 is 1.62 bits per heavy atom. The van der Waals surface area contributed by atoms with Crippen molar-refractivity contribution >= 4 is 0 Å². The first-order valence-electron chi connectivity index (χ1n) is 18.1. The second-order valence-corrected chi connectivity index (χ2v) is 12.9. The molecule has 1 aliphatic carbocycles. The molecule has 0 atom stereocenters. The second kappa shape index (κ2) is 22.1. The molecule has 1 heterocycles. The van der Waals surface area contributed by atoms with Crippen LogP contribution in [0.5, 0.6) is 0 Å². The fourth-order valence-corrected chi connectivity index (χ4v) is 6.01. The van der Waals surface area contributed by atoms with Crippen molar-refractivity contribution in [3.8, 4) is 0 Å². The van der Waals surface area contributed by atoms with E-state index in [2.05, 4.69) is 107 Å². The van der Waals surface area contributed by atoms with Crippen LogP contribution in [-0.4, -0.2) is 47.6 Å². The van der Waals surface area contributed by atoms with Gasteiger partial charge in [-0.05, 0) is 134 Å². The van der Waals surface area contributed by atoms with Gasteiger partial charge in [0.15, 0.2) is 0 Å². The summed E-state index contributed by atoms with van der Waals surface area (Å²) < 4.78 is 0. The van der Waals surface area contributed by atoms with Gasteiger partial charge >= 0.3 is 0 Å². The molecule has 1 saturated heterocycles. The van der Waals surface area contributed by atoms with E-state index >= 15 is 0 Å². The Bertz CT molecular complexity index is 1080. The molecule has 0 unspecified atom stereocenters. The van der Waals surface area contributed by atoms with Crippen LogP contribution in [0.2, 0.25) is 0 Å². The SMILES string of the molecule is C=C(C)/C(NC(/C=C(/C)CC)=C/N)=C(\C)NC1CC1.CC.CCCN(C(CC)CC)C1CCN(Cc2ccc(C)c(C)c2)CC1. The van der Waals surface area contributed by atoms with Crippen LogP contribution in [0.25, 0.3) is 0 Å². The largest absolute Gasteiger partial charge is 0.403 e. The van der Waals surface area contributed by atoms with Crippen LogP contribution in [0.15, 0.2) is 65.3 Å². The molecular weight excluding hydrogens is 550 g/mol. The van der Waals surface area contributed by atoms with Gasteiger partial charge in [0.2, 0.25) is 0 Å². The molecule has 256 valence electrons. The maximum Gasteiger partial charge on any atom is 0.0598 e. The Hall–Kier alpha value is -2.50. The van der Waals surface area contributed by atoms with E-state index in [1.165, 1.54) is 86.8 Å². The first-order chi connectivity index (χ1) is 21.6. The number of piperidine rings is 1. The van der Waals surface area contributed by atoms with Crippen molar-refractivity contribution in [1.29, 1.82) is 0 Å². The Morgan fingerprint density at radius 3 is 2.09 bits per heavy atom. The highest BCUT2D eigenvalue weighted by molar-refractivity contribution is 5.35. The molecule has 0 radical (unpaired) electrons. The van der Waals surface area contributed by atoms with Crippen LogP contribution in [0.4, 0.5) is 0 Å². The predicted octanol–water partition coefficient (Wildman–Crippen LogP) is 9.49. The molecule has 3 rings (SSSR count). The minimum Gasteiger partial charge on any atom is -0.403 e. The zero-order valence-electron chi connectivity index (χ0n) is 31.3. The van der Waals surface area contributed by atoms with Crippen molar-refractivity contribution < 1.29 is 0 Å². The van der Waals surface area contributed by atoms with Gasteiger partial charge in [0, 0.05) is 36.6 Å². The lowest BCUT2D eigenvalue weighted by molar-refractivity contribution is 0.0669. The summed E-state index contributed by atoms with van der Waals surface area (Å²) in [6, 6.07) is 9.16. The Kier molecular flexibility index (Phi) is 19.9. The van der Waals surface area contributed by atoms with Crippen molar-refractivity contribution in [2.45, 2.75) is 152 Å². The number of hydrogen-bond acceptors (Lipinski definition) is 5. The van der Waals surface area contributed by atoms with E-state index in [0.717, 1.165) is 47.7 Å². The summed E-state index contributed by atoms with van der Waals surface area (Å²) in [5.41, 5.74) is 15.4. The second-order valence-electron chi connectivity index (χ2n) is 12.9. The molecule has 0 amide bonds. The van der Waals surface area contributed by atoms with Crippen LogP contribution in [0, 0.1) is 13.8 Å². The first kappa shape index (κ1) is 40.5. The standard InChI is InChI=1S/C22H38N2.C16H27N3.C2H6/c1-6-13-24(21(7-2)8-3)22-11-14-23(15-12-22)17-20-10-9-18(4)19(5)16-20;1-6-12(4)9-15(10-17)19-16(11(2)3)13(5)18-14-7-8-14;1-2/h9-10,16,21-22H,6-8,11-15,17H2,1-5H3;9-10,14,18-19H,2,6-8,17H2,1,3-5H3;1-2H3/b;12-9-,15-10+,16-13-;. The molecule has 5 heteroatoms. The summed E-state index contributed by atoms with van der Waals surface area (Å²) in [6.07, 6.45) is 13.7. The fourth-order valence-electron chi connectivity index (χ4n) is 6.01. The number of aryl methyl sites for hydroxylation is 2. The van der Waals surface area contributed by atoms with E-state index in [1.54, 1.807) is 6.20 Å². The molecule has 4 N–H and O–H groups in total. The predicted molar refractivity (Wildman–Crippen MR) is 200 cm³/mol. The maximum absolute atomic E-state index is 5.70. The Labute approximate surface area is 279 Å². The molecule has 1 aliphatic heterocycles. The monoisotopic (exact) mass is 622 g/mol. The number of benzene rings is 1. The highest BCUT2D eigenvalue weighted by Crippen LogP contribution is 2.24. The molecule has 2 aliphatic rings. The normalized spacial score (nSPS) is 16.8. The highest BCUT2D eigenvalue weighted by Gasteiger charge is 2.27. The summed E-state index contributed by atoms with van der Waals surface area (Å²) in [4.78, 5) is 5.48. The van der Waals surface area contributed by atoms with E-state index in [4.69, 9.17) is 5.73 Å². The topological polar surface area (TPSA) is 56.6 Å². The van der Waals surface area contributed by atoms with Gasteiger partial charge in [0.1, 0.15) is 0 Å². The molecule has 0 bridgehead atoms. The lowest BCUT2D eigenvalue weighted by atomic mass is 9.98. The summed E-state index contributed by atoms with van der Waals surface area (Å²) in [7, 11) is 0. The molecule has 1 aromatic carbocycles. The number of nitrogens with two attached hydrogens (primary N) is 1. The summed E-state index contributed by atoms with van der Waals surface area (Å²) in [6.45, 7) is 32.7. The molecule has 45 heavy (non-hydrogen) atoms. The average molecular weight is 622 g/mol. The molecule has 1 aromatic rings. The number of allylic oxidation sites excluding steroid dienone is 4. The van der Waals surface area contributed by atoms with E-state index in [9.17, 15) is 0 Å². The quantitative estimate of drug-likeness (QED) is 0.170. The minimum absolute atomic E-state index is 0.634. The molecular formula is C40H71N5. The number of nitrogens with zero attached hydrogens (tertiary/aromatic N) is 2. The third-order valence-corrected chi connectivity index (χ3v) is 9.11. The van der Waals surface area contributed by atoms with Gasteiger partial charge in [-0.3, -0.25) is 9.80 Å². The van der Waals surface area contributed by atoms with Gasteiger partial charge in [-0.2, -0.15) is 0 Å². The summed E-state index contributed by atoms with van der Waals surface area (Å²) >= 11 is 0. The fraction of sp³-hybridized carbons (Fsp3) is 0.650. The molecule has 0 aromatic heterocycles. The summed E-state index contributed by atoms with van der Waals surface area (Å²) in [5, 5.41) is 6.88. The van der Waals surface area contributed by atoms with Crippen LogP contribution >= 0.6 is 0 Å². The van der Waals surface area contributed by atoms with Gasteiger partial charge in [-0.15, -0.1) is 0 Å². The number of rotatable bonds is 15. The van der Waals surface area contributed by atoms with Crippen molar-refractivity contribution in [1.82, 2.24) is 20.4 Å². The molecule has 0 spiro atoms. The van der Waals surface area contributed by atoms with E-state index in [0.29, 0.717) is 6.04 Å². The average Bonchev–Trinajstić information content (AvgIpc) is 3.86.